The lowest BCUT2D eigenvalue weighted by Gasteiger charge is -2.31. The van der Waals surface area contributed by atoms with E-state index < -0.39 is 10.0 Å². The van der Waals surface area contributed by atoms with Gasteiger partial charge in [-0.05, 0) is 12.8 Å². The third-order valence-electron chi connectivity index (χ3n) is 3.25. The molecular formula is C10H18N4O2S2. The van der Waals surface area contributed by atoms with Crippen molar-refractivity contribution in [3.63, 3.8) is 0 Å². The van der Waals surface area contributed by atoms with Crippen LogP contribution in [0.4, 0.5) is 5.13 Å². The molecular weight excluding hydrogens is 272 g/mol. The van der Waals surface area contributed by atoms with Crippen LogP contribution in [0.15, 0.2) is 4.34 Å². The lowest BCUT2D eigenvalue weighted by molar-refractivity contribution is 0.261. The summed E-state index contributed by atoms with van der Waals surface area (Å²) >= 11 is 0.928. The van der Waals surface area contributed by atoms with E-state index in [1.165, 1.54) is 6.42 Å². The van der Waals surface area contributed by atoms with Crippen molar-refractivity contribution < 1.29 is 8.42 Å². The molecule has 1 heterocycles. The van der Waals surface area contributed by atoms with Crippen molar-refractivity contribution in [1.82, 2.24) is 14.5 Å². The van der Waals surface area contributed by atoms with Crippen LogP contribution in [0.2, 0.25) is 0 Å². The SMILES string of the molecule is CCN(C1CCCCC1)S(=O)(=O)c1nnc(N)s1. The van der Waals surface area contributed by atoms with Crippen molar-refractivity contribution >= 4 is 26.5 Å². The average molecular weight is 290 g/mol. The quantitative estimate of drug-likeness (QED) is 0.907. The van der Waals surface area contributed by atoms with Gasteiger partial charge in [-0.2, -0.15) is 4.31 Å². The molecule has 1 saturated carbocycles. The van der Waals surface area contributed by atoms with Crippen LogP contribution in [0.3, 0.4) is 0 Å². The van der Waals surface area contributed by atoms with Crippen LogP contribution in [0, 0.1) is 0 Å². The highest BCUT2D eigenvalue weighted by molar-refractivity contribution is 7.91. The van der Waals surface area contributed by atoms with Crippen LogP contribution in [0.25, 0.3) is 0 Å². The Bertz CT molecular complexity index is 494. The van der Waals surface area contributed by atoms with E-state index in [-0.39, 0.29) is 15.5 Å². The Morgan fingerprint density at radius 2 is 2.00 bits per heavy atom. The Balaban J connectivity index is 2.25. The van der Waals surface area contributed by atoms with Gasteiger partial charge in [0.15, 0.2) is 0 Å². The first kappa shape index (κ1) is 13.7. The molecule has 0 bridgehead atoms. The first-order valence-electron chi connectivity index (χ1n) is 6.16. The summed E-state index contributed by atoms with van der Waals surface area (Å²) in [5, 5.41) is 7.44. The second-order valence-electron chi connectivity index (χ2n) is 4.41. The third kappa shape index (κ3) is 2.65. The number of nitrogens with two attached hydrogens (primary N) is 1. The molecule has 0 saturated heterocycles. The molecule has 2 rings (SSSR count). The summed E-state index contributed by atoms with van der Waals surface area (Å²) in [5.41, 5.74) is 5.46. The highest BCUT2D eigenvalue weighted by Crippen LogP contribution is 2.29. The number of nitrogen functional groups attached to an aromatic ring is 1. The molecule has 2 N–H and O–H groups in total. The first-order chi connectivity index (χ1) is 8.55. The molecule has 0 aliphatic heterocycles. The fourth-order valence-corrected chi connectivity index (χ4v) is 5.01. The number of hydrogen-bond acceptors (Lipinski definition) is 6. The Labute approximate surface area is 111 Å². The minimum atomic E-state index is -3.53. The Morgan fingerprint density at radius 1 is 1.33 bits per heavy atom. The Morgan fingerprint density at radius 3 is 2.50 bits per heavy atom. The molecule has 1 aromatic rings. The van der Waals surface area contributed by atoms with E-state index >= 15 is 0 Å². The summed E-state index contributed by atoms with van der Waals surface area (Å²) in [7, 11) is -3.53. The third-order valence-corrected chi connectivity index (χ3v) is 6.37. The van der Waals surface area contributed by atoms with Crippen molar-refractivity contribution in [2.45, 2.75) is 49.4 Å². The fourth-order valence-electron chi connectivity index (χ4n) is 2.42. The maximum absolute atomic E-state index is 12.5. The van der Waals surface area contributed by atoms with E-state index in [4.69, 9.17) is 5.73 Å². The lowest BCUT2D eigenvalue weighted by atomic mass is 9.95. The molecule has 0 atom stereocenters. The van der Waals surface area contributed by atoms with Crippen LogP contribution in [0.1, 0.15) is 39.0 Å². The molecule has 1 aliphatic rings. The van der Waals surface area contributed by atoms with Gasteiger partial charge in [0.2, 0.25) is 9.47 Å². The van der Waals surface area contributed by atoms with E-state index in [2.05, 4.69) is 10.2 Å². The van der Waals surface area contributed by atoms with Gasteiger partial charge >= 0.3 is 0 Å². The number of anilines is 1. The minimum Gasteiger partial charge on any atom is -0.374 e. The Hall–Kier alpha value is -0.730. The number of hydrogen-bond donors (Lipinski definition) is 1. The van der Waals surface area contributed by atoms with Gasteiger partial charge in [0.1, 0.15) is 0 Å². The molecule has 8 heteroatoms. The zero-order chi connectivity index (χ0) is 13.2. The topological polar surface area (TPSA) is 89.2 Å². The molecule has 0 unspecified atom stereocenters. The molecule has 0 radical (unpaired) electrons. The van der Waals surface area contributed by atoms with Crippen molar-refractivity contribution in [3.05, 3.63) is 0 Å². The summed E-state index contributed by atoms with van der Waals surface area (Å²) < 4.78 is 26.5. The lowest BCUT2D eigenvalue weighted by Crippen LogP contribution is -2.41. The number of nitrogens with zero attached hydrogens (tertiary/aromatic N) is 3. The first-order valence-corrected chi connectivity index (χ1v) is 8.42. The predicted molar refractivity (Wildman–Crippen MR) is 70.8 cm³/mol. The summed E-state index contributed by atoms with van der Waals surface area (Å²) in [5.74, 6) is 0. The largest absolute Gasteiger partial charge is 0.374 e. The molecule has 0 spiro atoms. The molecule has 102 valence electrons. The van der Waals surface area contributed by atoms with Gasteiger partial charge in [0.05, 0.1) is 0 Å². The van der Waals surface area contributed by atoms with Crippen molar-refractivity contribution in [2.75, 3.05) is 12.3 Å². The summed E-state index contributed by atoms with van der Waals surface area (Å²) in [4.78, 5) is 0. The van der Waals surface area contributed by atoms with Crippen LogP contribution < -0.4 is 5.73 Å². The summed E-state index contributed by atoms with van der Waals surface area (Å²) in [6.07, 6.45) is 5.24. The molecule has 1 fully saturated rings. The standard InChI is InChI=1S/C10H18N4O2S2/c1-2-14(8-6-4-3-5-7-8)18(15,16)10-13-12-9(11)17-10/h8H,2-7H2,1H3,(H2,11,12). The van der Waals surface area contributed by atoms with Crippen LogP contribution in [-0.4, -0.2) is 35.5 Å². The van der Waals surface area contributed by atoms with Gasteiger partial charge in [0, 0.05) is 12.6 Å². The maximum atomic E-state index is 12.5. The van der Waals surface area contributed by atoms with Crippen LogP contribution in [0.5, 0.6) is 0 Å². The highest BCUT2D eigenvalue weighted by atomic mass is 32.2. The molecule has 18 heavy (non-hydrogen) atoms. The molecule has 1 aliphatic carbocycles. The molecule has 0 aromatic carbocycles. The van der Waals surface area contributed by atoms with E-state index in [1.807, 2.05) is 6.92 Å². The average Bonchev–Trinajstić information content (AvgIpc) is 2.78. The van der Waals surface area contributed by atoms with Crippen LogP contribution >= 0.6 is 11.3 Å². The molecule has 6 nitrogen and oxygen atoms in total. The number of aromatic nitrogens is 2. The van der Waals surface area contributed by atoms with Gasteiger partial charge in [-0.3, -0.25) is 0 Å². The van der Waals surface area contributed by atoms with Crippen LogP contribution in [-0.2, 0) is 10.0 Å². The van der Waals surface area contributed by atoms with Crippen molar-refractivity contribution in [1.29, 1.82) is 0 Å². The zero-order valence-electron chi connectivity index (χ0n) is 10.4. The summed E-state index contributed by atoms with van der Waals surface area (Å²) in [6.45, 7) is 2.32. The Kier molecular flexibility index (Phi) is 4.18. The van der Waals surface area contributed by atoms with E-state index in [9.17, 15) is 8.42 Å². The van der Waals surface area contributed by atoms with Gasteiger partial charge in [-0.15, -0.1) is 10.2 Å². The second-order valence-corrected chi connectivity index (χ2v) is 7.48. The van der Waals surface area contributed by atoms with Gasteiger partial charge in [0.25, 0.3) is 10.0 Å². The highest BCUT2D eigenvalue weighted by Gasteiger charge is 2.33. The van der Waals surface area contributed by atoms with Gasteiger partial charge in [-0.1, -0.05) is 37.5 Å². The van der Waals surface area contributed by atoms with Crippen molar-refractivity contribution in [3.8, 4) is 0 Å². The summed E-state index contributed by atoms with van der Waals surface area (Å²) in [6, 6.07) is 0.0962. The monoisotopic (exact) mass is 290 g/mol. The predicted octanol–water partition coefficient (Wildman–Crippen LogP) is 1.46. The smallest absolute Gasteiger partial charge is 0.272 e. The molecule has 0 amide bonds. The van der Waals surface area contributed by atoms with E-state index in [0.29, 0.717) is 6.54 Å². The van der Waals surface area contributed by atoms with Gasteiger partial charge < -0.3 is 5.73 Å². The zero-order valence-corrected chi connectivity index (χ0v) is 12.0. The fraction of sp³-hybridized carbons (Fsp3) is 0.800. The number of rotatable bonds is 4. The normalized spacial score (nSPS) is 18.3. The molecule has 1 aromatic heterocycles. The van der Waals surface area contributed by atoms with Crippen molar-refractivity contribution in [2.24, 2.45) is 0 Å². The van der Waals surface area contributed by atoms with E-state index in [1.54, 1.807) is 4.31 Å². The maximum Gasteiger partial charge on any atom is 0.272 e. The van der Waals surface area contributed by atoms with E-state index in [0.717, 1.165) is 37.0 Å². The minimum absolute atomic E-state index is 0.00687. The second kappa shape index (κ2) is 5.50. The number of sulfonamides is 1. The van der Waals surface area contributed by atoms with Gasteiger partial charge in [-0.25, -0.2) is 8.42 Å².